The standard InChI is InChI=1S/C8H6ClF2NO2/c9-1-4-2-12-5(3-13)6(7(4)14)8(10)11/h2-3,8H,1H2,(H,12,14). The second kappa shape index (κ2) is 4.32. The molecule has 0 aromatic carbocycles. The zero-order chi connectivity index (χ0) is 10.7. The quantitative estimate of drug-likeness (QED) is 0.626. The number of halogens is 3. The summed E-state index contributed by atoms with van der Waals surface area (Å²) in [7, 11) is 0. The van der Waals surface area contributed by atoms with Gasteiger partial charge in [0.2, 0.25) is 0 Å². The van der Waals surface area contributed by atoms with Crippen LogP contribution in [-0.2, 0) is 5.88 Å². The molecule has 1 N–H and O–H groups in total. The molecule has 76 valence electrons. The van der Waals surface area contributed by atoms with E-state index >= 15 is 0 Å². The molecule has 6 heteroatoms. The number of aromatic amines is 1. The van der Waals surface area contributed by atoms with Gasteiger partial charge in [-0.2, -0.15) is 0 Å². The van der Waals surface area contributed by atoms with Crippen molar-refractivity contribution in [1.29, 1.82) is 0 Å². The lowest BCUT2D eigenvalue weighted by Crippen LogP contribution is -2.18. The van der Waals surface area contributed by atoms with Crippen LogP contribution in [0.4, 0.5) is 8.78 Å². The number of pyridine rings is 1. The Morgan fingerprint density at radius 3 is 2.64 bits per heavy atom. The highest BCUT2D eigenvalue weighted by molar-refractivity contribution is 6.17. The molecule has 3 nitrogen and oxygen atoms in total. The number of rotatable bonds is 3. The summed E-state index contributed by atoms with van der Waals surface area (Å²) in [4.78, 5) is 23.9. The number of aldehydes is 1. The summed E-state index contributed by atoms with van der Waals surface area (Å²) in [6, 6.07) is 0. The van der Waals surface area contributed by atoms with Crippen molar-refractivity contribution < 1.29 is 13.6 Å². The molecule has 0 aliphatic heterocycles. The predicted octanol–water partition coefficient (Wildman–Crippen LogP) is 1.86. The third kappa shape index (κ3) is 1.82. The average molecular weight is 222 g/mol. The highest BCUT2D eigenvalue weighted by Crippen LogP contribution is 2.17. The largest absolute Gasteiger partial charge is 0.358 e. The number of carbonyl (C=O) groups is 1. The smallest absolute Gasteiger partial charge is 0.269 e. The van der Waals surface area contributed by atoms with E-state index < -0.39 is 23.1 Å². The van der Waals surface area contributed by atoms with E-state index in [9.17, 15) is 18.4 Å². The minimum Gasteiger partial charge on any atom is -0.358 e. The van der Waals surface area contributed by atoms with Gasteiger partial charge in [-0.1, -0.05) is 0 Å². The van der Waals surface area contributed by atoms with Gasteiger partial charge in [-0.05, 0) is 0 Å². The summed E-state index contributed by atoms with van der Waals surface area (Å²) in [5.74, 6) is -0.172. The fourth-order valence-corrected chi connectivity index (χ4v) is 1.22. The molecule has 1 aromatic rings. The maximum Gasteiger partial charge on any atom is 0.269 e. The van der Waals surface area contributed by atoms with Gasteiger partial charge in [0, 0.05) is 11.8 Å². The molecule has 0 aliphatic rings. The van der Waals surface area contributed by atoms with E-state index in [0.717, 1.165) is 6.20 Å². The number of hydrogen-bond donors (Lipinski definition) is 1. The first-order valence-electron chi connectivity index (χ1n) is 3.65. The molecule has 0 spiro atoms. The van der Waals surface area contributed by atoms with E-state index in [1.807, 2.05) is 0 Å². The Morgan fingerprint density at radius 1 is 1.57 bits per heavy atom. The maximum absolute atomic E-state index is 12.4. The number of hydrogen-bond acceptors (Lipinski definition) is 2. The van der Waals surface area contributed by atoms with Gasteiger partial charge < -0.3 is 4.98 Å². The van der Waals surface area contributed by atoms with Gasteiger partial charge in [-0.15, -0.1) is 11.6 Å². The molecular weight excluding hydrogens is 216 g/mol. The van der Waals surface area contributed by atoms with Gasteiger partial charge in [-0.3, -0.25) is 9.59 Å². The monoisotopic (exact) mass is 221 g/mol. The second-order valence-electron chi connectivity index (χ2n) is 2.52. The van der Waals surface area contributed by atoms with Crippen molar-refractivity contribution in [3.05, 3.63) is 33.2 Å². The molecule has 1 aromatic heterocycles. The molecule has 0 bridgehead atoms. The number of H-pyrrole nitrogens is 1. The average Bonchev–Trinajstić information content (AvgIpc) is 2.16. The van der Waals surface area contributed by atoms with Crippen LogP contribution in [0.3, 0.4) is 0 Å². The van der Waals surface area contributed by atoms with Crippen LogP contribution in [0.1, 0.15) is 28.0 Å². The third-order valence-electron chi connectivity index (χ3n) is 1.71. The molecule has 0 saturated heterocycles. The fourth-order valence-electron chi connectivity index (χ4n) is 1.02. The van der Waals surface area contributed by atoms with Gasteiger partial charge in [-0.25, -0.2) is 8.78 Å². The van der Waals surface area contributed by atoms with Crippen molar-refractivity contribution in [1.82, 2.24) is 4.98 Å². The SMILES string of the molecule is O=Cc1[nH]cc(CCl)c(=O)c1C(F)F. The zero-order valence-corrected chi connectivity index (χ0v) is 7.65. The van der Waals surface area contributed by atoms with Gasteiger partial charge in [0.05, 0.1) is 17.1 Å². The van der Waals surface area contributed by atoms with Crippen LogP contribution in [0.15, 0.2) is 11.0 Å². The molecule has 0 saturated carbocycles. The lowest BCUT2D eigenvalue weighted by molar-refractivity contribution is 0.110. The van der Waals surface area contributed by atoms with E-state index in [2.05, 4.69) is 4.98 Å². The molecule has 0 fully saturated rings. The summed E-state index contributed by atoms with van der Waals surface area (Å²) < 4.78 is 24.7. The van der Waals surface area contributed by atoms with Crippen LogP contribution < -0.4 is 5.43 Å². The van der Waals surface area contributed by atoms with Crippen molar-refractivity contribution in [3.8, 4) is 0 Å². The van der Waals surface area contributed by atoms with Gasteiger partial charge in [0.1, 0.15) is 0 Å². The molecule has 0 amide bonds. The van der Waals surface area contributed by atoms with Gasteiger partial charge in [0.15, 0.2) is 11.7 Å². The van der Waals surface area contributed by atoms with E-state index in [1.165, 1.54) is 0 Å². The number of aromatic nitrogens is 1. The summed E-state index contributed by atoms with van der Waals surface area (Å²) in [5, 5.41) is 0. The fraction of sp³-hybridized carbons (Fsp3) is 0.250. The van der Waals surface area contributed by atoms with Crippen LogP contribution >= 0.6 is 11.6 Å². The Bertz CT molecular complexity index is 403. The summed E-state index contributed by atoms with van der Waals surface area (Å²) in [6.45, 7) is 0. The first-order chi connectivity index (χ1) is 6.61. The Hall–Kier alpha value is -1.23. The molecule has 0 atom stereocenters. The molecule has 0 unspecified atom stereocenters. The lowest BCUT2D eigenvalue weighted by atomic mass is 10.1. The van der Waals surface area contributed by atoms with Crippen LogP contribution in [0.2, 0.25) is 0 Å². The summed E-state index contributed by atoms with van der Waals surface area (Å²) in [5.41, 5.74) is -2.08. The number of carbonyl (C=O) groups excluding carboxylic acids is 1. The van der Waals surface area contributed by atoms with Crippen molar-refractivity contribution in [3.63, 3.8) is 0 Å². The first kappa shape index (κ1) is 10.8. The minimum absolute atomic E-state index is 0.0209. The molecule has 1 heterocycles. The minimum atomic E-state index is -2.98. The van der Waals surface area contributed by atoms with Gasteiger partial charge >= 0.3 is 0 Å². The molecule has 0 radical (unpaired) electrons. The predicted molar refractivity (Wildman–Crippen MR) is 47.0 cm³/mol. The zero-order valence-electron chi connectivity index (χ0n) is 6.89. The molecular formula is C8H6ClF2NO2. The first-order valence-corrected chi connectivity index (χ1v) is 4.19. The van der Waals surface area contributed by atoms with Crippen LogP contribution in [0.25, 0.3) is 0 Å². The van der Waals surface area contributed by atoms with E-state index in [1.54, 1.807) is 0 Å². The Morgan fingerprint density at radius 2 is 2.21 bits per heavy atom. The van der Waals surface area contributed by atoms with Crippen LogP contribution in [0, 0.1) is 0 Å². The topological polar surface area (TPSA) is 49.9 Å². The van der Waals surface area contributed by atoms with Crippen molar-refractivity contribution >= 4 is 17.9 Å². The highest BCUT2D eigenvalue weighted by Gasteiger charge is 2.19. The van der Waals surface area contributed by atoms with Crippen molar-refractivity contribution in [2.45, 2.75) is 12.3 Å². The van der Waals surface area contributed by atoms with Crippen LogP contribution in [0.5, 0.6) is 0 Å². The van der Waals surface area contributed by atoms with Gasteiger partial charge in [0.25, 0.3) is 6.43 Å². The normalized spacial score (nSPS) is 10.6. The molecule has 0 aliphatic carbocycles. The Labute approximate surface area is 82.7 Å². The van der Waals surface area contributed by atoms with Crippen molar-refractivity contribution in [2.24, 2.45) is 0 Å². The van der Waals surface area contributed by atoms with Crippen LogP contribution in [-0.4, -0.2) is 11.3 Å². The third-order valence-corrected chi connectivity index (χ3v) is 2.00. The highest BCUT2D eigenvalue weighted by atomic mass is 35.5. The van der Waals surface area contributed by atoms with E-state index in [-0.39, 0.29) is 17.7 Å². The van der Waals surface area contributed by atoms with E-state index in [0.29, 0.717) is 0 Å². The summed E-state index contributed by atoms with van der Waals surface area (Å²) >= 11 is 5.35. The Kier molecular flexibility index (Phi) is 3.35. The second-order valence-corrected chi connectivity index (χ2v) is 2.79. The van der Waals surface area contributed by atoms with Crippen molar-refractivity contribution in [2.75, 3.05) is 0 Å². The molecule has 1 rings (SSSR count). The number of alkyl halides is 3. The van der Waals surface area contributed by atoms with E-state index in [4.69, 9.17) is 11.6 Å². The molecule has 14 heavy (non-hydrogen) atoms. The number of nitrogens with one attached hydrogen (secondary N) is 1. The lowest BCUT2D eigenvalue weighted by Gasteiger charge is -2.04. The Balaban J connectivity index is 3.47. The summed E-state index contributed by atoms with van der Waals surface area (Å²) in [6.07, 6.45) is -1.65. The maximum atomic E-state index is 12.4.